The Bertz CT molecular complexity index is 834. The van der Waals surface area contributed by atoms with Crippen LogP contribution < -0.4 is 0 Å². The third kappa shape index (κ3) is 5.81. The van der Waals surface area contributed by atoms with Gasteiger partial charge in [0, 0.05) is 11.1 Å². The summed E-state index contributed by atoms with van der Waals surface area (Å²) in [6.07, 6.45) is 2.33. The van der Waals surface area contributed by atoms with E-state index in [0.717, 1.165) is 24.1 Å². The van der Waals surface area contributed by atoms with Gasteiger partial charge in [0.25, 0.3) is 5.41 Å². The van der Waals surface area contributed by atoms with Crippen LogP contribution in [0.5, 0.6) is 5.75 Å². The summed E-state index contributed by atoms with van der Waals surface area (Å²) in [5.74, 6) is -1.02. The maximum Gasteiger partial charge on any atom is 0.375 e. The molecule has 0 amide bonds. The molecule has 0 saturated carbocycles. The first-order chi connectivity index (χ1) is 13.5. The van der Waals surface area contributed by atoms with Gasteiger partial charge < -0.3 is 14.2 Å². The maximum absolute atomic E-state index is 15.3. The van der Waals surface area contributed by atoms with Gasteiger partial charge in [-0.3, -0.25) is 9.36 Å². The fourth-order valence-corrected chi connectivity index (χ4v) is 4.44. The molecule has 1 unspecified atom stereocenters. The van der Waals surface area contributed by atoms with Crippen LogP contribution >= 0.6 is 7.60 Å². The molecule has 170 valence electrons. The monoisotopic (exact) mass is 442 g/mol. The molecule has 1 rings (SSSR count). The van der Waals surface area contributed by atoms with Crippen LogP contribution in [-0.2, 0) is 29.2 Å². The molecular weight excluding hydrogens is 406 g/mol. The normalized spacial score (nSPS) is 15.4. The number of halogens is 1. The number of phenols is 1. The Morgan fingerprint density at radius 1 is 1.03 bits per heavy atom. The van der Waals surface area contributed by atoms with E-state index in [2.05, 4.69) is 0 Å². The molecule has 0 aliphatic rings. The lowest BCUT2D eigenvalue weighted by Crippen LogP contribution is -2.30. The molecule has 1 aromatic rings. The van der Waals surface area contributed by atoms with Gasteiger partial charge in [0.2, 0.25) is 5.78 Å². The summed E-state index contributed by atoms with van der Waals surface area (Å²) in [5, 5.41) is 7.95. The molecule has 0 spiro atoms. The van der Waals surface area contributed by atoms with Crippen molar-refractivity contribution in [3.05, 3.63) is 34.9 Å². The number of carbonyl (C=O) groups excluding carboxylic acids is 1. The van der Waals surface area contributed by atoms with Crippen LogP contribution in [-0.4, -0.2) is 29.5 Å². The Morgan fingerprint density at radius 3 is 1.93 bits per heavy atom. The van der Waals surface area contributed by atoms with Gasteiger partial charge in [0.1, 0.15) is 5.75 Å². The van der Waals surface area contributed by atoms with E-state index in [0.29, 0.717) is 5.56 Å². The minimum absolute atomic E-state index is 0.0258. The summed E-state index contributed by atoms with van der Waals surface area (Å²) in [6.45, 7) is 15.9. The van der Waals surface area contributed by atoms with Crippen LogP contribution in [0.1, 0.15) is 79.0 Å². The number of phenolic OH excluding ortho intramolecular Hbond substituents is 1. The molecule has 0 aromatic heterocycles. The highest BCUT2D eigenvalue weighted by Gasteiger charge is 2.53. The lowest BCUT2D eigenvalue weighted by molar-refractivity contribution is -0.121. The largest absolute Gasteiger partial charge is 0.507 e. The van der Waals surface area contributed by atoms with E-state index in [4.69, 9.17) is 9.05 Å². The lowest BCUT2D eigenvalue weighted by atomic mass is 9.79. The van der Waals surface area contributed by atoms with Crippen LogP contribution in [0.2, 0.25) is 0 Å². The van der Waals surface area contributed by atoms with Crippen molar-refractivity contribution in [2.24, 2.45) is 0 Å². The summed E-state index contributed by atoms with van der Waals surface area (Å²) >= 11 is 0. The molecule has 0 bridgehead atoms. The van der Waals surface area contributed by atoms with Crippen LogP contribution in [0.25, 0.3) is 6.08 Å². The zero-order valence-electron chi connectivity index (χ0n) is 19.6. The molecule has 1 N–H and O–H groups in total. The van der Waals surface area contributed by atoms with Crippen molar-refractivity contribution in [1.29, 1.82) is 0 Å². The van der Waals surface area contributed by atoms with Crippen molar-refractivity contribution in [1.82, 2.24) is 0 Å². The van der Waals surface area contributed by atoms with Gasteiger partial charge in [-0.15, -0.1) is 0 Å². The first kappa shape index (κ1) is 26.5. The van der Waals surface area contributed by atoms with E-state index < -0.39 is 18.8 Å². The Kier molecular flexibility index (Phi) is 8.26. The first-order valence-electron chi connectivity index (χ1n) is 10.2. The molecule has 30 heavy (non-hydrogen) atoms. The first-order valence-corrected chi connectivity index (χ1v) is 11.7. The van der Waals surface area contributed by atoms with Crippen LogP contribution in [0.15, 0.2) is 18.2 Å². The number of allylic oxidation sites excluding steroid dienone is 1. The van der Waals surface area contributed by atoms with Crippen molar-refractivity contribution >= 4 is 19.5 Å². The fourth-order valence-electron chi connectivity index (χ4n) is 2.86. The molecule has 1 aromatic carbocycles. The van der Waals surface area contributed by atoms with E-state index in [9.17, 15) is 14.5 Å². The number of hydrogen-bond donors (Lipinski definition) is 1. The standard InChI is InChI=1S/C23H36FO5P/c1-10-28-30(27,29-11-2)23(9,24)19(25)13-12-16-14-17(21(3,4)5)15-18(20(16)26)22(6,7)8/h12-15,26H,10-11H2,1-9H3. The molecular formula is C23H36FO5P. The number of hydrogen-bond acceptors (Lipinski definition) is 5. The lowest BCUT2D eigenvalue weighted by Gasteiger charge is -2.27. The Hall–Kier alpha value is -1.49. The smallest absolute Gasteiger partial charge is 0.375 e. The van der Waals surface area contributed by atoms with Gasteiger partial charge >= 0.3 is 7.60 Å². The van der Waals surface area contributed by atoms with Gasteiger partial charge in [-0.25, -0.2) is 4.39 Å². The minimum Gasteiger partial charge on any atom is -0.507 e. The maximum atomic E-state index is 15.3. The second-order valence-electron chi connectivity index (χ2n) is 9.45. The average molecular weight is 443 g/mol. The number of carbonyl (C=O) groups is 1. The summed E-state index contributed by atoms with van der Waals surface area (Å²) in [4.78, 5) is 12.6. The number of ketones is 1. The van der Waals surface area contributed by atoms with E-state index in [1.807, 2.05) is 47.6 Å². The van der Waals surface area contributed by atoms with Gasteiger partial charge in [-0.1, -0.05) is 47.6 Å². The minimum atomic E-state index is -4.31. The predicted molar refractivity (Wildman–Crippen MR) is 120 cm³/mol. The second-order valence-corrected chi connectivity index (χ2v) is 11.8. The highest BCUT2D eigenvalue weighted by molar-refractivity contribution is 7.56. The molecule has 0 saturated heterocycles. The van der Waals surface area contributed by atoms with E-state index in [-0.39, 0.29) is 29.8 Å². The zero-order chi connectivity index (χ0) is 23.5. The molecule has 1 atom stereocenters. The molecule has 0 aliphatic carbocycles. The summed E-state index contributed by atoms with van der Waals surface area (Å²) < 4.78 is 38.1. The Morgan fingerprint density at radius 2 is 1.53 bits per heavy atom. The van der Waals surface area contributed by atoms with Crippen molar-refractivity contribution < 1.29 is 27.9 Å². The average Bonchev–Trinajstić information content (AvgIpc) is 2.58. The Balaban J connectivity index is 3.47. The van der Waals surface area contributed by atoms with E-state index in [1.165, 1.54) is 6.08 Å². The zero-order valence-corrected chi connectivity index (χ0v) is 20.5. The van der Waals surface area contributed by atoms with E-state index >= 15 is 4.39 Å². The molecule has 7 heteroatoms. The summed E-state index contributed by atoms with van der Waals surface area (Å²) in [7, 11) is -4.31. The third-order valence-electron chi connectivity index (χ3n) is 4.79. The SMILES string of the molecule is CCOP(=O)(OCC)C(C)(F)C(=O)C=Cc1cc(C(C)(C)C)cc(C(C)(C)C)c1O. The molecule has 0 radical (unpaired) electrons. The summed E-state index contributed by atoms with van der Waals surface area (Å²) in [6, 6.07) is 3.72. The van der Waals surface area contributed by atoms with Gasteiger partial charge in [0.15, 0.2) is 0 Å². The fraction of sp³-hybridized carbons (Fsp3) is 0.609. The Labute approximate surface area is 180 Å². The van der Waals surface area contributed by atoms with Crippen LogP contribution in [0.3, 0.4) is 0 Å². The number of benzene rings is 1. The van der Waals surface area contributed by atoms with Crippen molar-refractivity contribution in [3.63, 3.8) is 0 Å². The van der Waals surface area contributed by atoms with Crippen LogP contribution in [0.4, 0.5) is 4.39 Å². The van der Waals surface area contributed by atoms with Gasteiger partial charge in [-0.05, 0) is 55.4 Å². The molecule has 5 nitrogen and oxygen atoms in total. The highest BCUT2D eigenvalue weighted by atomic mass is 31.2. The number of alkyl halides is 1. The van der Waals surface area contributed by atoms with Crippen molar-refractivity contribution in [3.8, 4) is 5.75 Å². The predicted octanol–water partition coefficient (Wildman–Crippen LogP) is 6.52. The number of rotatable bonds is 8. The van der Waals surface area contributed by atoms with Crippen molar-refractivity contribution in [2.75, 3.05) is 13.2 Å². The molecule has 0 heterocycles. The summed E-state index contributed by atoms with van der Waals surface area (Å²) in [5.41, 5.74) is 1.54. The topological polar surface area (TPSA) is 72.8 Å². The second kappa shape index (κ2) is 9.33. The quantitative estimate of drug-likeness (QED) is 0.366. The molecule has 0 aliphatic heterocycles. The highest BCUT2D eigenvalue weighted by Crippen LogP contribution is 2.61. The van der Waals surface area contributed by atoms with Gasteiger partial charge in [0.05, 0.1) is 13.2 Å². The third-order valence-corrected chi connectivity index (χ3v) is 7.24. The number of aromatic hydroxyl groups is 1. The van der Waals surface area contributed by atoms with Gasteiger partial charge in [-0.2, -0.15) is 0 Å². The molecule has 0 fully saturated rings. The van der Waals surface area contributed by atoms with Crippen LogP contribution in [0, 0.1) is 0 Å². The van der Waals surface area contributed by atoms with E-state index in [1.54, 1.807) is 19.9 Å². The van der Waals surface area contributed by atoms with Crippen molar-refractivity contribution in [2.45, 2.75) is 78.6 Å².